The van der Waals surface area contributed by atoms with Crippen molar-refractivity contribution >= 4 is 108 Å². The van der Waals surface area contributed by atoms with E-state index in [9.17, 15) is 0 Å². The lowest BCUT2D eigenvalue weighted by atomic mass is 10.1. The summed E-state index contributed by atoms with van der Waals surface area (Å²) in [4.78, 5) is 37.1. The van der Waals surface area contributed by atoms with Gasteiger partial charge in [-0.2, -0.15) is 0 Å². The molecule has 0 unspecified atom stereocenters. The summed E-state index contributed by atoms with van der Waals surface area (Å²) in [6.07, 6.45) is 0. The van der Waals surface area contributed by atoms with Crippen molar-refractivity contribution in [1.82, 2.24) is 39.9 Å². The molecule has 3 aromatic heterocycles. The van der Waals surface area contributed by atoms with Gasteiger partial charge in [-0.05, 0) is 63.7 Å². The second-order valence-electron chi connectivity index (χ2n) is 10.3. The van der Waals surface area contributed by atoms with Crippen molar-refractivity contribution in [3.63, 3.8) is 0 Å². The van der Waals surface area contributed by atoms with Gasteiger partial charge in [-0.3, -0.25) is 0 Å². The van der Waals surface area contributed by atoms with Crippen LogP contribution in [0, 0.1) is 0 Å². The standard InChI is InChI=1S/C32H14Br4N8/c33-21-19-20(22(34)24(36)23(21)35)32-43-30-18-12-6-4-10-16(18)28(41-30)39-26-14-8-2-1-7-13(14)25(37-26)38-27-15-9-3-5-11-17(15)29(40-27)42-31(19)44-32/h1-12H,(H2,37,38,39,40,41,42,43,44). The fourth-order valence-corrected chi connectivity index (χ4v) is 8.25. The normalized spacial score (nSPS) is 12.1. The molecule has 9 rings (SSSR count). The number of fused-ring (bicyclic) bond motifs is 20. The molecule has 0 radical (unpaired) electrons. The molecule has 0 saturated carbocycles. The summed E-state index contributed by atoms with van der Waals surface area (Å²) >= 11 is 15.0. The molecule has 0 amide bonds. The highest BCUT2D eigenvalue weighted by molar-refractivity contribution is 9.15. The zero-order valence-corrected chi connectivity index (χ0v) is 28.5. The van der Waals surface area contributed by atoms with Gasteiger partial charge in [0.05, 0.1) is 0 Å². The van der Waals surface area contributed by atoms with Crippen LogP contribution in [-0.2, 0) is 0 Å². The van der Waals surface area contributed by atoms with Crippen LogP contribution in [0.1, 0.15) is 0 Å². The zero-order valence-electron chi connectivity index (χ0n) is 22.1. The highest BCUT2D eigenvalue weighted by Crippen LogP contribution is 2.46. The molecule has 0 fully saturated rings. The van der Waals surface area contributed by atoms with Crippen LogP contribution in [0.2, 0.25) is 0 Å². The molecule has 5 heterocycles. The quantitative estimate of drug-likeness (QED) is 0.116. The molecule has 0 saturated heterocycles. The van der Waals surface area contributed by atoms with Gasteiger partial charge in [0.1, 0.15) is 22.6 Å². The Kier molecular flexibility index (Phi) is 5.93. The van der Waals surface area contributed by atoms with Gasteiger partial charge in [0.2, 0.25) is 0 Å². The molecule has 8 nitrogen and oxygen atoms in total. The number of rotatable bonds is 0. The summed E-state index contributed by atoms with van der Waals surface area (Å²) in [5.74, 6) is 2.22. The van der Waals surface area contributed by atoms with E-state index in [1.165, 1.54) is 0 Å². The van der Waals surface area contributed by atoms with Crippen LogP contribution >= 0.6 is 63.7 Å². The molecule has 12 heteroatoms. The van der Waals surface area contributed by atoms with Crippen molar-refractivity contribution in [3.8, 4) is 45.6 Å². The van der Waals surface area contributed by atoms with Gasteiger partial charge < -0.3 is 9.97 Å². The number of aromatic amines is 2. The Balaban J connectivity index is 1.54. The van der Waals surface area contributed by atoms with Crippen molar-refractivity contribution in [2.24, 2.45) is 0 Å². The lowest BCUT2D eigenvalue weighted by Crippen LogP contribution is -1.83. The summed E-state index contributed by atoms with van der Waals surface area (Å²) in [6, 6.07) is 24.0. The molecule has 2 aliphatic rings. The number of H-pyrrole nitrogens is 2. The summed E-state index contributed by atoms with van der Waals surface area (Å²) in [6.45, 7) is 0. The number of halogens is 4. The van der Waals surface area contributed by atoms with Crippen LogP contribution in [0.3, 0.4) is 0 Å². The molecule has 2 N–H and O–H groups in total. The third-order valence-corrected chi connectivity index (χ3v) is 12.5. The maximum Gasteiger partial charge on any atom is 0.164 e. The van der Waals surface area contributed by atoms with E-state index in [0.29, 0.717) is 45.9 Å². The topological polar surface area (TPSA) is 109 Å². The Morgan fingerprint density at radius 1 is 0.364 bits per heavy atom. The summed E-state index contributed by atoms with van der Waals surface area (Å²) < 4.78 is 3.32. The predicted octanol–water partition coefficient (Wildman–Crippen LogP) is 9.92. The van der Waals surface area contributed by atoms with Gasteiger partial charge in [-0.25, -0.2) is 29.9 Å². The van der Waals surface area contributed by atoms with E-state index in [1.54, 1.807) is 0 Å². The molecule has 210 valence electrons. The molecule has 0 spiro atoms. The third kappa shape index (κ3) is 3.84. The molecule has 0 atom stereocenters. The van der Waals surface area contributed by atoms with Crippen LogP contribution < -0.4 is 0 Å². The van der Waals surface area contributed by atoms with Crippen molar-refractivity contribution in [2.75, 3.05) is 0 Å². The van der Waals surface area contributed by atoms with Crippen molar-refractivity contribution in [2.45, 2.75) is 0 Å². The van der Waals surface area contributed by atoms with Crippen LogP contribution in [0.4, 0.5) is 0 Å². The van der Waals surface area contributed by atoms with Gasteiger partial charge >= 0.3 is 0 Å². The van der Waals surface area contributed by atoms with Crippen LogP contribution in [0.5, 0.6) is 0 Å². The van der Waals surface area contributed by atoms with Crippen LogP contribution in [0.15, 0.2) is 90.7 Å². The first-order valence-electron chi connectivity index (χ1n) is 13.4. The summed E-state index contributed by atoms with van der Waals surface area (Å²) in [7, 11) is 0. The van der Waals surface area contributed by atoms with E-state index in [0.717, 1.165) is 61.7 Å². The number of hydrogen-bond donors (Lipinski definition) is 2. The first kappa shape index (κ1) is 26.6. The number of nitrogens with zero attached hydrogens (tertiary/aromatic N) is 6. The Bertz CT molecular complexity index is 2400. The second-order valence-corrected chi connectivity index (χ2v) is 13.4. The van der Waals surface area contributed by atoms with E-state index >= 15 is 0 Å². The first-order chi connectivity index (χ1) is 21.5. The maximum atomic E-state index is 5.10. The van der Waals surface area contributed by atoms with Crippen molar-refractivity contribution < 1.29 is 0 Å². The largest absolute Gasteiger partial charge is 0.324 e. The Labute approximate surface area is 282 Å². The lowest BCUT2D eigenvalue weighted by Gasteiger charge is -2.05. The zero-order chi connectivity index (χ0) is 29.7. The molecule has 0 aliphatic carbocycles. The molecular weight excluding hydrogens is 816 g/mol. The van der Waals surface area contributed by atoms with Gasteiger partial charge in [0.25, 0.3) is 0 Å². The predicted molar refractivity (Wildman–Crippen MR) is 187 cm³/mol. The number of aromatic nitrogens is 8. The minimum absolute atomic E-state index is 0.545. The summed E-state index contributed by atoms with van der Waals surface area (Å²) in [5.41, 5.74) is 6.07. The molecule has 7 aromatic rings. The molecule has 44 heavy (non-hydrogen) atoms. The maximum absolute atomic E-state index is 5.10. The van der Waals surface area contributed by atoms with Gasteiger partial charge in [-0.1, -0.05) is 72.8 Å². The van der Waals surface area contributed by atoms with Crippen LogP contribution in [0.25, 0.3) is 89.7 Å². The summed E-state index contributed by atoms with van der Waals surface area (Å²) in [5, 5.41) is 3.54. The molecule has 4 aromatic carbocycles. The number of nitrogens with one attached hydrogen (secondary N) is 2. The highest BCUT2D eigenvalue weighted by atomic mass is 79.9. The average Bonchev–Trinajstić information content (AvgIpc) is 3.78. The molecule has 2 aliphatic heterocycles. The second kappa shape index (κ2) is 9.83. The number of benzene rings is 4. The van der Waals surface area contributed by atoms with Gasteiger partial charge in [0.15, 0.2) is 23.3 Å². The van der Waals surface area contributed by atoms with E-state index in [1.807, 2.05) is 72.8 Å². The molecular formula is C32H14Br4N8. The molecule has 8 bridgehead atoms. The monoisotopic (exact) mass is 826 g/mol. The van der Waals surface area contributed by atoms with E-state index < -0.39 is 0 Å². The third-order valence-electron chi connectivity index (χ3n) is 7.76. The smallest absolute Gasteiger partial charge is 0.164 e. The average molecular weight is 830 g/mol. The number of hydrogen-bond acceptors (Lipinski definition) is 6. The highest BCUT2D eigenvalue weighted by Gasteiger charge is 2.24. The first-order valence-corrected chi connectivity index (χ1v) is 16.6. The van der Waals surface area contributed by atoms with Gasteiger partial charge in [-0.15, -0.1) is 0 Å². The fourth-order valence-electron chi connectivity index (χ4n) is 5.75. The SMILES string of the molecule is Brc1c(Br)c(Br)c2c3nc4nc(nc5[nH]c(nc6nc(nc([nH]3)c2c1Br)-c1ccccc1-6)c1ccccc51)-c1ccccc1-4. The van der Waals surface area contributed by atoms with Crippen LogP contribution in [-0.4, -0.2) is 39.9 Å². The van der Waals surface area contributed by atoms with Crippen molar-refractivity contribution in [1.29, 1.82) is 0 Å². The fraction of sp³-hybridized carbons (Fsp3) is 0. The Morgan fingerprint density at radius 2 is 0.682 bits per heavy atom. The minimum atomic E-state index is 0.545. The minimum Gasteiger partial charge on any atom is -0.324 e. The lowest BCUT2D eigenvalue weighted by molar-refractivity contribution is 1.19. The Hall–Kier alpha value is -3.84. The van der Waals surface area contributed by atoms with E-state index in [4.69, 9.17) is 29.9 Å². The van der Waals surface area contributed by atoms with Gasteiger partial charge in [0, 0.05) is 61.7 Å². The van der Waals surface area contributed by atoms with E-state index in [-0.39, 0.29) is 0 Å². The van der Waals surface area contributed by atoms with E-state index in [2.05, 4.69) is 73.7 Å². The Morgan fingerprint density at radius 3 is 1.07 bits per heavy atom. The van der Waals surface area contributed by atoms with Crippen molar-refractivity contribution in [3.05, 3.63) is 90.7 Å².